The highest BCUT2D eigenvalue weighted by Gasteiger charge is 2.19. The van der Waals surface area contributed by atoms with Crippen LogP contribution in [0.2, 0.25) is 0 Å². The van der Waals surface area contributed by atoms with Crippen LogP contribution in [-0.2, 0) is 0 Å². The average molecular weight is 278 g/mol. The van der Waals surface area contributed by atoms with E-state index in [1.54, 1.807) is 11.3 Å². The summed E-state index contributed by atoms with van der Waals surface area (Å²) in [7, 11) is 0. The summed E-state index contributed by atoms with van der Waals surface area (Å²) in [5.41, 5.74) is 1.45. The zero-order valence-corrected chi connectivity index (χ0v) is 11.8. The van der Waals surface area contributed by atoms with Crippen LogP contribution in [0.25, 0.3) is 4.96 Å². The number of hydrogen-bond donors (Lipinski definition) is 2. The Balaban J connectivity index is 1.69. The smallest absolute Gasteiger partial charge is 0.270 e. The molecule has 0 saturated carbocycles. The van der Waals surface area contributed by atoms with Crippen LogP contribution in [0.1, 0.15) is 35.4 Å². The number of piperidine rings is 1. The Morgan fingerprint density at radius 2 is 2.53 bits per heavy atom. The number of nitrogens with one attached hydrogen (secondary N) is 2. The van der Waals surface area contributed by atoms with Gasteiger partial charge in [-0.25, -0.2) is 4.98 Å². The van der Waals surface area contributed by atoms with Crippen molar-refractivity contribution in [3.8, 4) is 0 Å². The summed E-state index contributed by atoms with van der Waals surface area (Å²) in [6.45, 7) is 3.63. The highest BCUT2D eigenvalue weighted by atomic mass is 32.1. The van der Waals surface area contributed by atoms with E-state index in [4.69, 9.17) is 0 Å². The molecule has 1 aliphatic heterocycles. The minimum atomic E-state index is -0.0317. The first-order chi connectivity index (χ1) is 9.25. The van der Waals surface area contributed by atoms with Gasteiger partial charge in [-0.05, 0) is 26.3 Å². The van der Waals surface area contributed by atoms with Crippen LogP contribution in [0.5, 0.6) is 0 Å². The number of nitrogens with zero attached hydrogens (tertiary/aromatic N) is 2. The normalized spacial score (nSPS) is 19.7. The second-order valence-electron chi connectivity index (χ2n) is 4.96. The third-order valence-electron chi connectivity index (χ3n) is 3.57. The van der Waals surface area contributed by atoms with Crippen molar-refractivity contribution >= 4 is 22.2 Å². The van der Waals surface area contributed by atoms with E-state index in [-0.39, 0.29) is 5.91 Å². The average Bonchev–Trinajstić information content (AvgIpc) is 2.97. The molecule has 2 aromatic rings. The van der Waals surface area contributed by atoms with E-state index in [1.807, 2.05) is 22.9 Å². The molecule has 0 aromatic carbocycles. The second kappa shape index (κ2) is 5.30. The maximum atomic E-state index is 12.3. The van der Waals surface area contributed by atoms with Gasteiger partial charge in [-0.3, -0.25) is 9.20 Å². The summed E-state index contributed by atoms with van der Waals surface area (Å²) in [5.74, 6) is -0.0317. The standard InChI is InChI=1S/C13H18N4OS/c1-9-11(17-6-7-19-13(17)16-9)12(18)15-8-10-4-2-3-5-14-10/h6-7,10,14H,2-5,8H2,1H3,(H,15,18)/t10-/m0/s1. The van der Waals surface area contributed by atoms with Gasteiger partial charge in [-0.2, -0.15) is 0 Å². The highest BCUT2D eigenvalue weighted by Crippen LogP contribution is 2.16. The molecule has 3 heterocycles. The number of thiazole rings is 1. The van der Waals surface area contributed by atoms with Crippen LogP contribution in [0.4, 0.5) is 0 Å². The predicted octanol–water partition coefficient (Wildman–Crippen LogP) is 1.58. The van der Waals surface area contributed by atoms with E-state index in [0.717, 1.165) is 23.6 Å². The molecule has 2 N–H and O–H groups in total. The Morgan fingerprint density at radius 3 is 3.32 bits per heavy atom. The highest BCUT2D eigenvalue weighted by molar-refractivity contribution is 7.15. The van der Waals surface area contributed by atoms with Crippen molar-refractivity contribution in [3.63, 3.8) is 0 Å². The van der Waals surface area contributed by atoms with Crippen LogP contribution < -0.4 is 10.6 Å². The van der Waals surface area contributed by atoms with Crippen LogP contribution in [-0.4, -0.2) is 34.4 Å². The second-order valence-corrected chi connectivity index (χ2v) is 5.83. The molecule has 0 aliphatic carbocycles. The minimum Gasteiger partial charge on any atom is -0.349 e. The van der Waals surface area contributed by atoms with Gasteiger partial charge in [0.05, 0.1) is 5.69 Å². The number of amides is 1. The Bertz CT molecular complexity index is 582. The molecule has 1 amide bonds. The number of aryl methyl sites for hydroxylation is 1. The molecule has 1 atom stereocenters. The molecule has 0 bridgehead atoms. The van der Waals surface area contributed by atoms with Gasteiger partial charge in [-0.15, -0.1) is 11.3 Å². The molecule has 0 radical (unpaired) electrons. The number of aromatic nitrogens is 2. The van der Waals surface area contributed by atoms with Gasteiger partial charge in [0, 0.05) is 24.2 Å². The lowest BCUT2D eigenvalue weighted by atomic mass is 10.1. The summed E-state index contributed by atoms with van der Waals surface area (Å²) in [6.07, 6.45) is 5.52. The molecule has 5 nitrogen and oxygen atoms in total. The van der Waals surface area contributed by atoms with Crippen molar-refractivity contribution in [3.05, 3.63) is 23.0 Å². The summed E-state index contributed by atoms with van der Waals surface area (Å²) in [6, 6.07) is 0.406. The zero-order chi connectivity index (χ0) is 13.2. The SMILES string of the molecule is Cc1nc2sccn2c1C(=O)NC[C@@H]1CCCCN1. The van der Waals surface area contributed by atoms with Gasteiger partial charge in [0.1, 0.15) is 5.69 Å². The number of carbonyl (C=O) groups excluding carboxylic acids is 1. The zero-order valence-electron chi connectivity index (χ0n) is 11.0. The van der Waals surface area contributed by atoms with Gasteiger partial charge in [-0.1, -0.05) is 6.42 Å². The van der Waals surface area contributed by atoms with Crippen molar-refractivity contribution in [2.24, 2.45) is 0 Å². The first-order valence-corrected chi connectivity index (χ1v) is 7.57. The maximum Gasteiger partial charge on any atom is 0.270 e. The minimum absolute atomic E-state index is 0.0317. The summed E-state index contributed by atoms with van der Waals surface area (Å²) in [4.78, 5) is 17.6. The number of hydrogen-bond acceptors (Lipinski definition) is 4. The first kappa shape index (κ1) is 12.6. The molecule has 0 spiro atoms. The Labute approximate surface area is 116 Å². The van der Waals surface area contributed by atoms with Crippen molar-refractivity contribution in [2.45, 2.75) is 32.2 Å². The summed E-state index contributed by atoms with van der Waals surface area (Å²) in [5, 5.41) is 8.40. The largest absolute Gasteiger partial charge is 0.349 e. The van der Waals surface area contributed by atoms with Gasteiger partial charge < -0.3 is 10.6 Å². The fraction of sp³-hybridized carbons (Fsp3) is 0.538. The lowest BCUT2D eigenvalue weighted by molar-refractivity contribution is 0.0941. The fourth-order valence-electron chi connectivity index (χ4n) is 2.57. The predicted molar refractivity (Wildman–Crippen MR) is 75.8 cm³/mol. The van der Waals surface area contributed by atoms with Crippen LogP contribution in [0.15, 0.2) is 11.6 Å². The van der Waals surface area contributed by atoms with E-state index < -0.39 is 0 Å². The quantitative estimate of drug-likeness (QED) is 0.896. The molecule has 102 valence electrons. The number of fused-ring (bicyclic) bond motifs is 1. The maximum absolute atomic E-state index is 12.3. The molecule has 19 heavy (non-hydrogen) atoms. The Morgan fingerprint density at radius 1 is 1.63 bits per heavy atom. The fourth-order valence-corrected chi connectivity index (χ4v) is 3.32. The van der Waals surface area contributed by atoms with Crippen molar-refractivity contribution in [1.29, 1.82) is 0 Å². The molecule has 3 rings (SSSR count). The molecular formula is C13H18N4OS. The topological polar surface area (TPSA) is 58.4 Å². The molecule has 1 aliphatic rings. The lowest BCUT2D eigenvalue weighted by Gasteiger charge is -2.23. The number of imidazole rings is 1. The van der Waals surface area contributed by atoms with Crippen molar-refractivity contribution in [2.75, 3.05) is 13.1 Å². The Hall–Kier alpha value is -1.40. The third-order valence-corrected chi connectivity index (χ3v) is 4.33. The van der Waals surface area contributed by atoms with E-state index in [0.29, 0.717) is 18.3 Å². The van der Waals surface area contributed by atoms with Crippen LogP contribution in [0, 0.1) is 6.92 Å². The van der Waals surface area contributed by atoms with E-state index in [2.05, 4.69) is 15.6 Å². The molecule has 2 aromatic heterocycles. The van der Waals surface area contributed by atoms with Gasteiger partial charge in [0.15, 0.2) is 4.96 Å². The summed E-state index contributed by atoms with van der Waals surface area (Å²) >= 11 is 1.55. The molecule has 6 heteroatoms. The molecule has 0 unspecified atom stereocenters. The summed E-state index contributed by atoms with van der Waals surface area (Å²) < 4.78 is 1.86. The van der Waals surface area contributed by atoms with Gasteiger partial charge in [0.2, 0.25) is 0 Å². The molecule has 1 fully saturated rings. The third kappa shape index (κ3) is 2.50. The van der Waals surface area contributed by atoms with Gasteiger partial charge >= 0.3 is 0 Å². The van der Waals surface area contributed by atoms with E-state index in [1.165, 1.54) is 12.8 Å². The molecule has 1 saturated heterocycles. The van der Waals surface area contributed by atoms with Crippen molar-refractivity contribution < 1.29 is 4.79 Å². The van der Waals surface area contributed by atoms with Crippen molar-refractivity contribution in [1.82, 2.24) is 20.0 Å². The lowest BCUT2D eigenvalue weighted by Crippen LogP contribution is -2.43. The van der Waals surface area contributed by atoms with Crippen LogP contribution >= 0.6 is 11.3 Å². The van der Waals surface area contributed by atoms with Gasteiger partial charge in [0.25, 0.3) is 5.91 Å². The first-order valence-electron chi connectivity index (χ1n) is 6.69. The molecular weight excluding hydrogens is 260 g/mol. The monoisotopic (exact) mass is 278 g/mol. The number of rotatable bonds is 3. The van der Waals surface area contributed by atoms with E-state index >= 15 is 0 Å². The van der Waals surface area contributed by atoms with E-state index in [9.17, 15) is 4.79 Å². The Kier molecular flexibility index (Phi) is 3.52. The van der Waals surface area contributed by atoms with Crippen LogP contribution in [0.3, 0.4) is 0 Å². The number of carbonyl (C=O) groups is 1.